The number of carbonyl (C=O) groups is 2. The number of rotatable bonds is 6. The number of hydrogen-bond acceptors (Lipinski definition) is 7. The Kier molecular flexibility index (Phi) is 5.03. The van der Waals surface area contributed by atoms with Crippen LogP contribution in [0.1, 0.15) is 19.5 Å². The van der Waals surface area contributed by atoms with Gasteiger partial charge in [-0.3, -0.25) is 14.5 Å². The molecule has 130 valence electrons. The van der Waals surface area contributed by atoms with Crippen molar-refractivity contribution in [2.45, 2.75) is 27.0 Å². The Bertz CT molecular complexity index is 904. The fraction of sp³-hybridized carbons (Fsp3) is 0.312. The molecule has 0 aliphatic carbocycles. The zero-order valence-corrected chi connectivity index (χ0v) is 14.7. The number of benzene rings is 1. The van der Waals surface area contributed by atoms with Crippen LogP contribution in [0.25, 0.3) is 11.0 Å². The summed E-state index contributed by atoms with van der Waals surface area (Å²) in [5.41, 5.74) is 2.11. The Morgan fingerprint density at radius 2 is 2.12 bits per heavy atom. The van der Waals surface area contributed by atoms with Gasteiger partial charge in [-0.15, -0.1) is 16.4 Å². The van der Waals surface area contributed by atoms with Gasteiger partial charge in [0, 0.05) is 18.8 Å². The molecule has 0 unspecified atom stereocenters. The quantitative estimate of drug-likeness (QED) is 0.625. The summed E-state index contributed by atoms with van der Waals surface area (Å²) in [6.07, 6.45) is 0. The molecule has 0 spiro atoms. The third kappa shape index (κ3) is 3.82. The molecular weight excluding hydrogens is 342 g/mol. The molecular formula is C16H17N5O3S. The van der Waals surface area contributed by atoms with Gasteiger partial charge in [-0.05, 0) is 19.1 Å². The monoisotopic (exact) mass is 359 g/mol. The van der Waals surface area contributed by atoms with E-state index in [1.54, 1.807) is 10.3 Å². The van der Waals surface area contributed by atoms with Crippen molar-refractivity contribution in [3.05, 3.63) is 35.3 Å². The van der Waals surface area contributed by atoms with Crippen molar-refractivity contribution in [2.75, 3.05) is 11.4 Å². The third-order valence-corrected chi connectivity index (χ3v) is 4.46. The summed E-state index contributed by atoms with van der Waals surface area (Å²) in [6, 6.07) is 7.39. The van der Waals surface area contributed by atoms with Gasteiger partial charge in [0.15, 0.2) is 5.13 Å². The maximum Gasteiger partial charge on any atom is 0.328 e. The predicted molar refractivity (Wildman–Crippen MR) is 93.1 cm³/mol. The lowest BCUT2D eigenvalue weighted by atomic mass is 10.3. The molecule has 0 N–H and O–H groups in total. The fourth-order valence-corrected chi connectivity index (χ4v) is 3.25. The van der Waals surface area contributed by atoms with Gasteiger partial charge in [0.25, 0.3) is 0 Å². The SMILES string of the molecule is CCN(C(C)=O)c1nc(COC(=O)Cn2nnc3ccccc32)cs1. The highest BCUT2D eigenvalue weighted by Gasteiger charge is 2.15. The molecule has 3 aromatic rings. The van der Waals surface area contributed by atoms with Crippen molar-refractivity contribution in [1.82, 2.24) is 20.0 Å². The van der Waals surface area contributed by atoms with Crippen LogP contribution >= 0.6 is 11.3 Å². The molecule has 0 saturated carbocycles. The molecule has 0 aliphatic rings. The first kappa shape index (κ1) is 17.0. The topological polar surface area (TPSA) is 90.2 Å². The molecule has 3 rings (SSSR count). The normalized spacial score (nSPS) is 10.8. The van der Waals surface area contributed by atoms with E-state index in [0.29, 0.717) is 17.4 Å². The van der Waals surface area contributed by atoms with Crippen molar-refractivity contribution < 1.29 is 14.3 Å². The smallest absolute Gasteiger partial charge is 0.328 e. The number of thiazole rings is 1. The molecule has 0 radical (unpaired) electrons. The summed E-state index contributed by atoms with van der Waals surface area (Å²) in [4.78, 5) is 29.5. The lowest BCUT2D eigenvalue weighted by Crippen LogP contribution is -2.27. The van der Waals surface area contributed by atoms with E-state index in [1.807, 2.05) is 31.2 Å². The summed E-state index contributed by atoms with van der Waals surface area (Å²) >= 11 is 1.34. The van der Waals surface area contributed by atoms with Crippen molar-refractivity contribution in [2.24, 2.45) is 0 Å². The van der Waals surface area contributed by atoms with Crippen LogP contribution in [-0.4, -0.2) is 38.4 Å². The maximum absolute atomic E-state index is 12.0. The Morgan fingerprint density at radius 1 is 1.32 bits per heavy atom. The van der Waals surface area contributed by atoms with Gasteiger partial charge in [-0.1, -0.05) is 17.3 Å². The zero-order chi connectivity index (χ0) is 17.8. The second-order valence-electron chi connectivity index (χ2n) is 5.28. The van der Waals surface area contributed by atoms with Crippen LogP contribution in [0.3, 0.4) is 0 Å². The summed E-state index contributed by atoms with van der Waals surface area (Å²) in [5.74, 6) is -0.498. The number of para-hydroxylation sites is 1. The van der Waals surface area contributed by atoms with Crippen LogP contribution in [0, 0.1) is 0 Å². The van der Waals surface area contributed by atoms with E-state index in [9.17, 15) is 9.59 Å². The number of fused-ring (bicyclic) bond motifs is 1. The van der Waals surface area contributed by atoms with Gasteiger partial charge in [-0.25, -0.2) is 9.67 Å². The molecule has 9 heteroatoms. The van der Waals surface area contributed by atoms with Crippen molar-refractivity contribution in [3.63, 3.8) is 0 Å². The number of aromatic nitrogens is 4. The van der Waals surface area contributed by atoms with Crippen LogP contribution in [0.2, 0.25) is 0 Å². The number of anilines is 1. The van der Waals surface area contributed by atoms with E-state index in [-0.39, 0.29) is 19.1 Å². The van der Waals surface area contributed by atoms with E-state index in [4.69, 9.17) is 4.74 Å². The first-order valence-corrected chi connectivity index (χ1v) is 8.62. The lowest BCUT2D eigenvalue weighted by Gasteiger charge is -2.14. The van der Waals surface area contributed by atoms with Gasteiger partial charge in [-0.2, -0.15) is 0 Å². The minimum atomic E-state index is -0.427. The molecule has 2 heterocycles. The largest absolute Gasteiger partial charge is 0.458 e. The van der Waals surface area contributed by atoms with Crippen LogP contribution in [0.4, 0.5) is 5.13 Å². The molecule has 0 aliphatic heterocycles. The van der Waals surface area contributed by atoms with E-state index in [1.165, 1.54) is 22.9 Å². The van der Waals surface area contributed by atoms with Crippen LogP contribution in [0.5, 0.6) is 0 Å². The Hall–Kier alpha value is -2.81. The zero-order valence-electron chi connectivity index (χ0n) is 13.9. The standard InChI is InChI=1S/C16H17N5O3S/c1-3-20(11(2)22)16-17-12(10-25-16)9-24-15(23)8-21-14-7-5-4-6-13(14)18-19-21/h4-7,10H,3,8-9H2,1-2H3. The van der Waals surface area contributed by atoms with Gasteiger partial charge in [0.1, 0.15) is 18.7 Å². The third-order valence-electron chi connectivity index (χ3n) is 3.55. The summed E-state index contributed by atoms with van der Waals surface area (Å²) in [5, 5.41) is 10.3. The highest BCUT2D eigenvalue weighted by molar-refractivity contribution is 7.14. The first-order chi connectivity index (χ1) is 12.1. The molecule has 0 atom stereocenters. The highest BCUT2D eigenvalue weighted by Crippen LogP contribution is 2.21. The number of hydrogen-bond donors (Lipinski definition) is 0. The van der Waals surface area contributed by atoms with Crippen molar-refractivity contribution in [1.29, 1.82) is 0 Å². The molecule has 8 nitrogen and oxygen atoms in total. The summed E-state index contributed by atoms with van der Waals surface area (Å²) in [7, 11) is 0. The number of amides is 1. The highest BCUT2D eigenvalue weighted by atomic mass is 32.1. The summed E-state index contributed by atoms with van der Waals surface area (Å²) in [6.45, 7) is 3.95. The van der Waals surface area contributed by atoms with E-state index < -0.39 is 5.97 Å². The average Bonchev–Trinajstić information content (AvgIpc) is 3.21. The second-order valence-corrected chi connectivity index (χ2v) is 6.12. The molecule has 0 bridgehead atoms. The number of nitrogens with zero attached hydrogens (tertiary/aromatic N) is 5. The van der Waals surface area contributed by atoms with E-state index >= 15 is 0 Å². The molecule has 0 saturated heterocycles. The molecule has 2 aromatic heterocycles. The van der Waals surface area contributed by atoms with Crippen molar-refractivity contribution >= 4 is 39.4 Å². The molecule has 0 fully saturated rings. The van der Waals surface area contributed by atoms with Gasteiger partial charge >= 0.3 is 5.97 Å². The minimum Gasteiger partial charge on any atom is -0.458 e. The van der Waals surface area contributed by atoms with Gasteiger partial charge in [0.2, 0.25) is 5.91 Å². The average molecular weight is 359 g/mol. The van der Waals surface area contributed by atoms with Crippen LogP contribution in [0.15, 0.2) is 29.6 Å². The Morgan fingerprint density at radius 3 is 2.88 bits per heavy atom. The first-order valence-electron chi connectivity index (χ1n) is 7.75. The van der Waals surface area contributed by atoms with E-state index in [0.717, 1.165) is 11.0 Å². The number of esters is 1. The fourth-order valence-electron chi connectivity index (χ4n) is 2.34. The Labute approximate surface area is 148 Å². The van der Waals surface area contributed by atoms with E-state index in [2.05, 4.69) is 15.3 Å². The minimum absolute atomic E-state index is 0.0218. The predicted octanol–water partition coefficient (Wildman–Crippen LogP) is 2.00. The van der Waals surface area contributed by atoms with Gasteiger partial charge in [0.05, 0.1) is 11.2 Å². The van der Waals surface area contributed by atoms with Crippen molar-refractivity contribution in [3.8, 4) is 0 Å². The summed E-state index contributed by atoms with van der Waals surface area (Å²) < 4.78 is 6.75. The number of carbonyl (C=O) groups excluding carboxylic acids is 2. The van der Waals surface area contributed by atoms with Crippen LogP contribution < -0.4 is 4.90 Å². The Balaban J connectivity index is 1.59. The second kappa shape index (κ2) is 7.39. The lowest BCUT2D eigenvalue weighted by molar-refractivity contribution is -0.146. The maximum atomic E-state index is 12.0. The molecule has 1 aromatic carbocycles. The van der Waals surface area contributed by atoms with Gasteiger partial charge < -0.3 is 4.74 Å². The van der Waals surface area contributed by atoms with Crippen LogP contribution in [-0.2, 0) is 27.5 Å². The molecule has 25 heavy (non-hydrogen) atoms. The molecule has 1 amide bonds. The number of ether oxygens (including phenoxy) is 1.